The number of esters is 1. The van der Waals surface area contributed by atoms with E-state index in [0.29, 0.717) is 17.4 Å². The lowest BCUT2D eigenvalue weighted by Crippen LogP contribution is -2.33. The van der Waals surface area contributed by atoms with Crippen molar-refractivity contribution in [3.63, 3.8) is 0 Å². The molecule has 2 heterocycles. The highest BCUT2D eigenvalue weighted by molar-refractivity contribution is 7.16. The second-order valence-corrected chi connectivity index (χ2v) is 9.22. The Morgan fingerprint density at radius 1 is 1.25 bits per heavy atom. The average molecular weight is 525 g/mol. The molecular weight excluding hydrogens is 497 g/mol. The van der Waals surface area contributed by atoms with E-state index in [1.54, 1.807) is 18.5 Å². The number of carbonyl (C=O) groups is 2. The summed E-state index contributed by atoms with van der Waals surface area (Å²) in [6, 6.07) is 3.54. The van der Waals surface area contributed by atoms with E-state index in [4.69, 9.17) is 15.2 Å². The van der Waals surface area contributed by atoms with Crippen molar-refractivity contribution in [1.82, 2.24) is 9.55 Å². The van der Waals surface area contributed by atoms with Gasteiger partial charge in [0.1, 0.15) is 24.5 Å². The summed E-state index contributed by atoms with van der Waals surface area (Å²) in [4.78, 5) is 33.5. The van der Waals surface area contributed by atoms with Crippen LogP contribution in [-0.4, -0.2) is 40.2 Å². The Morgan fingerprint density at radius 2 is 2.00 bits per heavy atom. The van der Waals surface area contributed by atoms with Crippen molar-refractivity contribution in [2.24, 2.45) is 10.7 Å². The summed E-state index contributed by atoms with van der Waals surface area (Å²) in [7, 11) is 0. The van der Waals surface area contributed by atoms with Crippen LogP contribution < -0.4 is 15.3 Å². The number of aromatic nitrogens is 2. The summed E-state index contributed by atoms with van der Waals surface area (Å²) in [5.74, 6) is -1.65. The van der Waals surface area contributed by atoms with Gasteiger partial charge in [-0.3, -0.25) is 14.6 Å². The molecule has 194 valence electrons. The molecular formula is C24H27F3N4O4S. The minimum atomic E-state index is -4.67. The van der Waals surface area contributed by atoms with Gasteiger partial charge in [0, 0.05) is 12.7 Å². The summed E-state index contributed by atoms with van der Waals surface area (Å²) >= 11 is 1.24. The predicted molar refractivity (Wildman–Crippen MR) is 129 cm³/mol. The van der Waals surface area contributed by atoms with Crippen LogP contribution in [0.2, 0.25) is 0 Å². The van der Waals surface area contributed by atoms with E-state index in [1.807, 2.05) is 11.5 Å². The molecule has 36 heavy (non-hydrogen) atoms. The first-order valence-electron chi connectivity index (χ1n) is 11.3. The van der Waals surface area contributed by atoms with Gasteiger partial charge in [0.05, 0.1) is 27.5 Å². The van der Waals surface area contributed by atoms with Crippen molar-refractivity contribution < 1.29 is 32.2 Å². The number of alkyl halides is 3. The number of hydrogen-bond acceptors (Lipinski definition) is 7. The molecule has 2 atom stereocenters. The van der Waals surface area contributed by atoms with Crippen molar-refractivity contribution in [3.05, 3.63) is 52.6 Å². The zero-order valence-corrected chi connectivity index (χ0v) is 20.9. The Bertz CT molecular complexity index is 1300. The predicted octanol–water partition coefficient (Wildman–Crippen LogP) is 4.32. The van der Waals surface area contributed by atoms with E-state index in [9.17, 15) is 22.8 Å². The van der Waals surface area contributed by atoms with E-state index < -0.39 is 35.8 Å². The monoisotopic (exact) mass is 524 g/mol. The largest absolute Gasteiger partial charge is 0.489 e. The Hall–Kier alpha value is -3.25. The molecule has 2 N–H and O–H groups in total. The first-order chi connectivity index (χ1) is 17.0. The summed E-state index contributed by atoms with van der Waals surface area (Å²) < 4.78 is 53.6. The van der Waals surface area contributed by atoms with Crippen LogP contribution >= 0.6 is 11.3 Å². The number of amides is 1. The molecule has 0 radical (unpaired) electrons. The van der Waals surface area contributed by atoms with E-state index in [2.05, 4.69) is 9.98 Å². The van der Waals surface area contributed by atoms with Crippen LogP contribution in [0.25, 0.3) is 10.2 Å². The first-order valence-corrected chi connectivity index (χ1v) is 12.2. The van der Waals surface area contributed by atoms with Crippen molar-refractivity contribution in [2.75, 3.05) is 6.61 Å². The van der Waals surface area contributed by atoms with Gasteiger partial charge in [-0.05, 0) is 44.5 Å². The molecule has 0 fully saturated rings. The quantitative estimate of drug-likeness (QED) is 0.418. The Balaban J connectivity index is 1.99. The minimum Gasteiger partial charge on any atom is -0.489 e. The Labute approximate surface area is 209 Å². The smallest absolute Gasteiger partial charge is 0.416 e. The molecule has 0 aliphatic rings. The molecule has 0 unspecified atom stereocenters. The topological polar surface area (TPSA) is 109 Å². The van der Waals surface area contributed by atoms with Crippen LogP contribution in [0, 0.1) is 0 Å². The zero-order chi connectivity index (χ0) is 26.5. The first kappa shape index (κ1) is 27.3. The van der Waals surface area contributed by atoms with Gasteiger partial charge in [-0.25, -0.2) is 0 Å². The number of halogens is 3. The second-order valence-electron chi connectivity index (χ2n) is 8.21. The number of aryl methyl sites for hydroxylation is 1. The number of fused-ring (bicyclic) bond motifs is 1. The normalized spacial score (nSPS) is 14.0. The number of carbonyl (C=O) groups excluding carboxylic acids is 2. The van der Waals surface area contributed by atoms with Gasteiger partial charge in [-0.1, -0.05) is 24.7 Å². The fraction of sp³-hybridized carbons (Fsp3) is 0.417. The highest BCUT2D eigenvalue weighted by Crippen LogP contribution is 2.33. The maximum Gasteiger partial charge on any atom is 0.416 e. The number of hydrogen-bond donors (Lipinski definition) is 1. The van der Waals surface area contributed by atoms with Crippen LogP contribution in [0.15, 0.2) is 41.7 Å². The third-order valence-electron chi connectivity index (χ3n) is 5.12. The molecule has 3 aromatic rings. The van der Waals surface area contributed by atoms with Crippen LogP contribution in [0.4, 0.5) is 13.2 Å². The van der Waals surface area contributed by atoms with Crippen molar-refractivity contribution >= 4 is 33.4 Å². The zero-order valence-electron chi connectivity index (χ0n) is 20.0. The molecule has 8 nitrogen and oxygen atoms in total. The average Bonchev–Trinajstić information content (AvgIpc) is 3.17. The lowest BCUT2D eigenvalue weighted by atomic mass is 10.1. The molecule has 0 aliphatic carbocycles. The van der Waals surface area contributed by atoms with Crippen molar-refractivity contribution in [2.45, 2.75) is 58.5 Å². The molecule has 0 aliphatic heterocycles. The third kappa shape index (κ3) is 6.70. The molecule has 2 aromatic heterocycles. The third-order valence-corrected chi connectivity index (χ3v) is 6.18. The molecule has 0 bridgehead atoms. The minimum absolute atomic E-state index is 0.108. The van der Waals surface area contributed by atoms with Crippen LogP contribution in [0.5, 0.6) is 5.75 Å². The molecule has 0 saturated carbocycles. The molecule has 3 rings (SSSR count). The van der Waals surface area contributed by atoms with Gasteiger partial charge < -0.3 is 19.8 Å². The van der Waals surface area contributed by atoms with Crippen molar-refractivity contribution in [3.8, 4) is 5.75 Å². The highest BCUT2D eigenvalue weighted by Gasteiger charge is 2.32. The van der Waals surface area contributed by atoms with Crippen LogP contribution in [0.1, 0.15) is 49.5 Å². The van der Waals surface area contributed by atoms with Gasteiger partial charge in [-0.2, -0.15) is 18.2 Å². The van der Waals surface area contributed by atoms with Gasteiger partial charge in [0.15, 0.2) is 4.80 Å². The standard InChI is InChI=1S/C24H27F3N4O4S/c1-4-5-10-31-18-12-29-9-8-20(18)36-23(31)30-21(32)17-11-16(24(25,26)27)6-7-19(17)34-13-14(2)35-22(33)15(3)28/h6-9,11-12,14-15H,4-5,10,13,28H2,1-3H3/t14-,15-/m1/s1. The number of benzene rings is 1. The number of rotatable bonds is 9. The molecule has 12 heteroatoms. The summed E-state index contributed by atoms with van der Waals surface area (Å²) in [6.45, 7) is 5.39. The number of nitrogens with zero attached hydrogens (tertiary/aromatic N) is 3. The van der Waals surface area contributed by atoms with E-state index in [-0.39, 0.29) is 17.9 Å². The number of unbranched alkanes of at least 4 members (excludes halogenated alkanes) is 1. The Kier molecular flexibility index (Phi) is 8.85. The Morgan fingerprint density at radius 3 is 2.67 bits per heavy atom. The summed E-state index contributed by atoms with van der Waals surface area (Å²) in [5.41, 5.74) is 4.89. The lowest BCUT2D eigenvalue weighted by molar-refractivity contribution is -0.150. The SMILES string of the molecule is CCCCn1c(=NC(=O)c2cc(C(F)(F)F)ccc2OC[C@@H](C)OC(=O)[C@@H](C)N)sc2ccncc21. The number of ether oxygens (including phenoxy) is 2. The van der Waals surface area contributed by atoms with Gasteiger partial charge >= 0.3 is 12.1 Å². The van der Waals surface area contributed by atoms with Gasteiger partial charge in [-0.15, -0.1) is 0 Å². The molecule has 1 amide bonds. The maximum absolute atomic E-state index is 13.4. The maximum atomic E-state index is 13.4. The summed E-state index contributed by atoms with van der Waals surface area (Å²) in [6.07, 6.45) is -0.427. The van der Waals surface area contributed by atoms with Gasteiger partial charge in [0.25, 0.3) is 5.91 Å². The second kappa shape index (κ2) is 11.7. The van der Waals surface area contributed by atoms with Crippen LogP contribution in [-0.2, 0) is 22.3 Å². The lowest BCUT2D eigenvalue weighted by Gasteiger charge is -2.17. The molecule has 0 saturated heterocycles. The number of nitrogens with two attached hydrogens (primary N) is 1. The van der Waals surface area contributed by atoms with Gasteiger partial charge in [0.2, 0.25) is 0 Å². The van der Waals surface area contributed by atoms with Crippen LogP contribution in [0.3, 0.4) is 0 Å². The highest BCUT2D eigenvalue weighted by atomic mass is 32.1. The van der Waals surface area contributed by atoms with Crippen molar-refractivity contribution in [1.29, 1.82) is 0 Å². The van der Waals surface area contributed by atoms with E-state index in [1.165, 1.54) is 25.2 Å². The number of pyridine rings is 1. The molecule has 0 spiro atoms. The fourth-order valence-corrected chi connectivity index (χ4v) is 4.25. The van der Waals surface area contributed by atoms with E-state index >= 15 is 0 Å². The van der Waals surface area contributed by atoms with E-state index in [0.717, 1.165) is 35.2 Å². The number of thiazole rings is 1. The fourth-order valence-electron chi connectivity index (χ4n) is 3.23. The molecule has 1 aromatic carbocycles. The summed E-state index contributed by atoms with van der Waals surface area (Å²) in [5, 5.41) is 0.